The first-order chi connectivity index (χ1) is 9.40. The van der Waals surface area contributed by atoms with E-state index in [1.165, 1.54) is 0 Å². The highest BCUT2D eigenvalue weighted by Gasteiger charge is 2.29. The van der Waals surface area contributed by atoms with Gasteiger partial charge in [0.1, 0.15) is 0 Å². The maximum atomic E-state index is 11.4. The molecule has 1 aliphatic rings. The average molecular weight is 275 g/mol. The van der Waals surface area contributed by atoms with E-state index in [2.05, 4.69) is 31.1 Å². The van der Waals surface area contributed by atoms with Crippen LogP contribution in [0, 0.1) is 12.8 Å². The fourth-order valence-corrected chi connectivity index (χ4v) is 3.00. The van der Waals surface area contributed by atoms with Gasteiger partial charge < -0.3 is 16.0 Å². The summed E-state index contributed by atoms with van der Waals surface area (Å²) in [6, 6.07) is 6.70. The van der Waals surface area contributed by atoms with Crippen LogP contribution in [0.3, 0.4) is 0 Å². The summed E-state index contributed by atoms with van der Waals surface area (Å²) in [4.78, 5) is 13.8. The van der Waals surface area contributed by atoms with E-state index < -0.39 is 0 Å². The molecule has 4 heteroatoms. The van der Waals surface area contributed by atoms with Gasteiger partial charge >= 0.3 is 0 Å². The second-order valence-electron chi connectivity index (χ2n) is 6.09. The molecule has 1 heterocycles. The molecule has 0 aromatic heterocycles. The van der Waals surface area contributed by atoms with Crippen LogP contribution in [-0.2, 0) is 0 Å². The van der Waals surface area contributed by atoms with Crippen molar-refractivity contribution in [2.75, 3.05) is 18.9 Å². The van der Waals surface area contributed by atoms with Crippen LogP contribution in [0.5, 0.6) is 0 Å². The molecule has 0 spiro atoms. The van der Waals surface area contributed by atoms with Gasteiger partial charge in [-0.3, -0.25) is 4.79 Å². The average Bonchev–Trinajstić information content (AvgIpc) is 2.37. The first-order valence-corrected chi connectivity index (χ1v) is 7.26. The maximum Gasteiger partial charge on any atom is 0.249 e. The molecule has 110 valence electrons. The number of carbonyl (C=O) groups excluding carboxylic acids is 1. The van der Waals surface area contributed by atoms with Crippen LogP contribution in [0.1, 0.15) is 36.2 Å². The highest BCUT2D eigenvalue weighted by molar-refractivity contribution is 5.95. The molecule has 20 heavy (non-hydrogen) atoms. The molecule has 1 aromatic carbocycles. The lowest BCUT2D eigenvalue weighted by Crippen LogP contribution is -2.48. The molecule has 3 unspecified atom stereocenters. The highest BCUT2D eigenvalue weighted by atomic mass is 16.1. The number of rotatable bonds is 3. The van der Waals surface area contributed by atoms with Gasteiger partial charge in [0.25, 0.3) is 0 Å². The van der Waals surface area contributed by atoms with Crippen LogP contribution in [0.2, 0.25) is 0 Å². The number of anilines is 1. The van der Waals surface area contributed by atoms with Gasteiger partial charge in [-0.05, 0) is 50.9 Å². The summed E-state index contributed by atoms with van der Waals surface area (Å²) in [6.45, 7) is 7.57. The number of piperidine rings is 1. The molecule has 0 bridgehead atoms. The van der Waals surface area contributed by atoms with E-state index in [1.807, 2.05) is 19.1 Å². The van der Waals surface area contributed by atoms with Gasteiger partial charge in [0.15, 0.2) is 0 Å². The van der Waals surface area contributed by atoms with Crippen molar-refractivity contribution in [1.82, 2.24) is 4.90 Å². The smallest absolute Gasteiger partial charge is 0.249 e. The van der Waals surface area contributed by atoms with Gasteiger partial charge in [-0.2, -0.15) is 0 Å². The molecule has 2 rings (SSSR count). The highest BCUT2D eigenvalue weighted by Crippen LogP contribution is 2.26. The van der Waals surface area contributed by atoms with Crippen molar-refractivity contribution in [2.24, 2.45) is 11.7 Å². The van der Waals surface area contributed by atoms with Crippen molar-refractivity contribution in [3.63, 3.8) is 0 Å². The number of amides is 1. The number of nitrogens with two attached hydrogens (primary N) is 1. The zero-order chi connectivity index (χ0) is 14.9. The Hall–Kier alpha value is -1.55. The van der Waals surface area contributed by atoms with E-state index in [1.54, 1.807) is 6.07 Å². The fourth-order valence-electron chi connectivity index (χ4n) is 3.00. The Balaban J connectivity index is 2.18. The molecule has 4 nitrogen and oxygen atoms in total. The largest absolute Gasteiger partial charge is 0.382 e. The number of primary amides is 1. The molecule has 1 fully saturated rings. The minimum absolute atomic E-state index is 0.365. The Morgan fingerprint density at radius 1 is 1.40 bits per heavy atom. The van der Waals surface area contributed by atoms with Crippen molar-refractivity contribution in [1.29, 1.82) is 0 Å². The second kappa shape index (κ2) is 5.83. The predicted molar refractivity (Wildman–Crippen MR) is 83.0 cm³/mol. The number of carbonyl (C=O) groups is 1. The topological polar surface area (TPSA) is 58.4 Å². The quantitative estimate of drug-likeness (QED) is 0.889. The molecular formula is C16H25N3O. The van der Waals surface area contributed by atoms with Crippen LogP contribution >= 0.6 is 0 Å². The molecule has 1 amide bonds. The standard InChI is InChI=1S/C16H25N3O/c1-10-9-19(4)11(2)8-15(10)18-14-7-5-6-13(12(14)3)16(17)20/h5-7,10-11,15,18H,8-9H2,1-4H3,(H2,17,20). The number of hydrogen-bond acceptors (Lipinski definition) is 3. The van der Waals surface area contributed by atoms with Crippen LogP contribution in [-0.4, -0.2) is 36.5 Å². The first-order valence-electron chi connectivity index (χ1n) is 7.26. The third-order valence-corrected chi connectivity index (χ3v) is 4.55. The molecular weight excluding hydrogens is 250 g/mol. The Morgan fingerprint density at radius 3 is 2.75 bits per heavy atom. The zero-order valence-electron chi connectivity index (χ0n) is 12.8. The van der Waals surface area contributed by atoms with Crippen LogP contribution < -0.4 is 11.1 Å². The Morgan fingerprint density at radius 2 is 2.10 bits per heavy atom. The maximum absolute atomic E-state index is 11.4. The van der Waals surface area contributed by atoms with E-state index >= 15 is 0 Å². The summed E-state index contributed by atoms with van der Waals surface area (Å²) in [7, 11) is 2.18. The lowest BCUT2D eigenvalue weighted by atomic mass is 9.89. The first kappa shape index (κ1) is 14.9. The summed E-state index contributed by atoms with van der Waals surface area (Å²) in [5.41, 5.74) is 7.98. The number of nitrogens with zero attached hydrogens (tertiary/aromatic N) is 1. The van der Waals surface area contributed by atoms with Crippen molar-refractivity contribution in [3.05, 3.63) is 29.3 Å². The lowest BCUT2D eigenvalue weighted by Gasteiger charge is -2.40. The second-order valence-corrected chi connectivity index (χ2v) is 6.09. The van der Waals surface area contributed by atoms with Crippen molar-refractivity contribution < 1.29 is 4.79 Å². The van der Waals surface area contributed by atoms with E-state index in [4.69, 9.17) is 5.73 Å². The molecule has 0 radical (unpaired) electrons. The normalized spacial score (nSPS) is 27.3. The van der Waals surface area contributed by atoms with Gasteiger partial charge in [-0.1, -0.05) is 13.0 Å². The van der Waals surface area contributed by atoms with Crippen LogP contribution in [0.25, 0.3) is 0 Å². The lowest BCUT2D eigenvalue weighted by molar-refractivity contribution is 0.0999. The van der Waals surface area contributed by atoms with Crippen molar-refractivity contribution in [3.8, 4) is 0 Å². The minimum Gasteiger partial charge on any atom is -0.382 e. The Kier molecular flexibility index (Phi) is 4.33. The minimum atomic E-state index is -0.365. The summed E-state index contributed by atoms with van der Waals surface area (Å²) in [5.74, 6) is 0.212. The van der Waals surface area contributed by atoms with E-state index in [0.29, 0.717) is 23.6 Å². The monoisotopic (exact) mass is 275 g/mol. The van der Waals surface area contributed by atoms with Crippen molar-refractivity contribution in [2.45, 2.75) is 39.3 Å². The SMILES string of the molecule is Cc1c(NC2CC(C)N(C)CC2C)cccc1C(N)=O. The Labute approximate surface area is 121 Å². The molecule has 1 aromatic rings. The van der Waals surface area contributed by atoms with E-state index in [9.17, 15) is 4.79 Å². The molecule has 3 atom stereocenters. The van der Waals surface area contributed by atoms with E-state index in [0.717, 1.165) is 24.2 Å². The summed E-state index contributed by atoms with van der Waals surface area (Å²) in [6.07, 6.45) is 1.11. The molecule has 1 aliphatic heterocycles. The van der Waals surface area contributed by atoms with Gasteiger partial charge in [-0.25, -0.2) is 0 Å². The number of benzene rings is 1. The summed E-state index contributed by atoms with van der Waals surface area (Å²) < 4.78 is 0. The van der Waals surface area contributed by atoms with Gasteiger partial charge in [-0.15, -0.1) is 0 Å². The summed E-state index contributed by atoms with van der Waals surface area (Å²) in [5, 5.41) is 3.61. The third-order valence-electron chi connectivity index (χ3n) is 4.55. The fraction of sp³-hybridized carbons (Fsp3) is 0.562. The van der Waals surface area contributed by atoms with Crippen LogP contribution in [0.15, 0.2) is 18.2 Å². The number of likely N-dealkylation sites (tertiary alicyclic amines) is 1. The van der Waals surface area contributed by atoms with Gasteiger partial charge in [0.2, 0.25) is 5.91 Å². The van der Waals surface area contributed by atoms with Gasteiger partial charge in [0, 0.05) is 29.9 Å². The molecule has 0 saturated carbocycles. The number of hydrogen-bond donors (Lipinski definition) is 2. The molecule has 1 saturated heterocycles. The predicted octanol–water partition coefficient (Wildman–Crippen LogP) is 2.23. The molecule has 3 N–H and O–H groups in total. The zero-order valence-corrected chi connectivity index (χ0v) is 12.8. The van der Waals surface area contributed by atoms with Gasteiger partial charge in [0.05, 0.1) is 0 Å². The van der Waals surface area contributed by atoms with Crippen LogP contribution in [0.4, 0.5) is 5.69 Å². The molecule has 0 aliphatic carbocycles. The number of nitrogens with one attached hydrogen (secondary N) is 1. The third kappa shape index (κ3) is 2.96. The Bertz CT molecular complexity index is 500. The van der Waals surface area contributed by atoms with Crippen molar-refractivity contribution >= 4 is 11.6 Å². The summed E-state index contributed by atoms with van der Waals surface area (Å²) >= 11 is 0. The van der Waals surface area contributed by atoms with E-state index in [-0.39, 0.29) is 5.91 Å².